The van der Waals surface area contributed by atoms with Gasteiger partial charge in [0.1, 0.15) is 11.5 Å². The number of hydrogen-bond acceptors (Lipinski definition) is 7. The highest BCUT2D eigenvalue weighted by atomic mass is 35.5. The first-order valence-corrected chi connectivity index (χ1v) is 13.6. The molecule has 0 spiro atoms. The van der Waals surface area contributed by atoms with Gasteiger partial charge in [-0.05, 0) is 79.7 Å². The van der Waals surface area contributed by atoms with Crippen LogP contribution in [0.15, 0.2) is 101 Å². The number of sulfonamides is 1. The van der Waals surface area contributed by atoms with Crippen molar-refractivity contribution in [2.24, 2.45) is 5.10 Å². The zero-order valence-corrected chi connectivity index (χ0v) is 22.6. The van der Waals surface area contributed by atoms with Crippen molar-refractivity contribution in [1.29, 1.82) is 0 Å². The van der Waals surface area contributed by atoms with E-state index in [0.717, 1.165) is 5.56 Å². The molecular weight excluding hydrogens is 563 g/mol. The number of ether oxygens (including phenoxy) is 2. The number of rotatable bonds is 8. The summed E-state index contributed by atoms with van der Waals surface area (Å²) in [6.07, 6.45) is 1.17. The van der Waals surface area contributed by atoms with Gasteiger partial charge in [-0.1, -0.05) is 40.9 Å². The lowest BCUT2D eigenvalue weighted by molar-refractivity contribution is 0.0732. The summed E-state index contributed by atoms with van der Waals surface area (Å²) < 4.78 is 36.1. The molecule has 0 bridgehead atoms. The van der Waals surface area contributed by atoms with E-state index >= 15 is 0 Å². The standard InChI is InChI=1S/C28H20Cl2N2O6S/c1-18-2-14-25(15-3-18)39(35,36)32-31-17-21-8-13-24(37-27(33)19-4-9-22(29)10-5-19)16-26(21)38-28(34)20-6-11-23(30)12-7-20/h2-17,32H,1H3/b31-17-. The number of carbonyl (C=O) groups is 2. The normalized spacial score (nSPS) is 11.3. The van der Waals surface area contributed by atoms with Crippen molar-refractivity contribution >= 4 is 51.4 Å². The Morgan fingerprint density at radius 3 is 1.87 bits per heavy atom. The fourth-order valence-corrected chi connectivity index (χ4v) is 4.25. The minimum Gasteiger partial charge on any atom is -0.423 e. The largest absolute Gasteiger partial charge is 0.423 e. The van der Waals surface area contributed by atoms with Crippen molar-refractivity contribution in [3.8, 4) is 11.5 Å². The van der Waals surface area contributed by atoms with Crippen LogP contribution in [0.2, 0.25) is 10.0 Å². The second-order valence-electron chi connectivity index (χ2n) is 8.16. The average molecular weight is 583 g/mol. The number of nitrogens with one attached hydrogen (secondary N) is 1. The molecule has 0 saturated carbocycles. The molecule has 198 valence electrons. The van der Waals surface area contributed by atoms with Gasteiger partial charge in [0.15, 0.2) is 0 Å². The van der Waals surface area contributed by atoms with Gasteiger partial charge in [0, 0.05) is 21.7 Å². The molecule has 4 aromatic rings. The first-order valence-electron chi connectivity index (χ1n) is 11.3. The van der Waals surface area contributed by atoms with E-state index in [9.17, 15) is 18.0 Å². The number of hydrogen-bond donors (Lipinski definition) is 1. The highest BCUT2D eigenvalue weighted by molar-refractivity contribution is 7.89. The maximum absolute atomic E-state index is 12.8. The molecule has 0 aliphatic carbocycles. The molecular formula is C28H20Cl2N2O6S. The Balaban J connectivity index is 1.59. The van der Waals surface area contributed by atoms with E-state index in [1.54, 1.807) is 24.3 Å². The summed E-state index contributed by atoms with van der Waals surface area (Å²) in [5.41, 5.74) is 1.61. The zero-order chi connectivity index (χ0) is 28.0. The third-order valence-corrected chi connectivity index (χ3v) is 7.01. The fourth-order valence-electron chi connectivity index (χ4n) is 3.21. The summed E-state index contributed by atoms with van der Waals surface area (Å²) >= 11 is 11.8. The van der Waals surface area contributed by atoms with Gasteiger partial charge < -0.3 is 9.47 Å². The molecule has 0 radical (unpaired) electrons. The van der Waals surface area contributed by atoms with Crippen molar-refractivity contribution in [1.82, 2.24) is 4.83 Å². The number of aryl methyl sites for hydroxylation is 1. The molecule has 0 aromatic heterocycles. The number of carbonyl (C=O) groups excluding carboxylic acids is 2. The van der Waals surface area contributed by atoms with Gasteiger partial charge in [-0.2, -0.15) is 13.5 Å². The van der Waals surface area contributed by atoms with Crippen molar-refractivity contribution in [2.75, 3.05) is 0 Å². The topological polar surface area (TPSA) is 111 Å². The minimum atomic E-state index is -3.93. The Morgan fingerprint density at radius 2 is 1.31 bits per heavy atom. The lowest BCUT2D eigenvalue weighted by Crippen LogP contribution is -2.18. The Hall–Kier alpha value is -4.18. The van der Waals surface area contributed by atoms with Crippen LogP contribution in [0.4, 0.5) is 0 Å². The van der Waals surface area contributed by atoms with Gasteiger partial charge in [0.25, 0.3) is 10.0 Å². The summed E-state index contributed by atoms with van der Waals surface area (Å²) in [5.74, 6) is -1.34. The van der Waals surface area contributed by atoms with E-state index in [0.29, 0.717) is 10.0 Å². The van der Waals surface area contributed by atoms with E-state index in [4.69, 9.17) is 32.7 Å². The zero-order valence-electron chi connectivity index (χ0n) is 20.3. The Bertz CT molecular complexity index is 1640. The number of halogens is 2. The summed E-state index contributed by atoms with van der Waals surface area (Å²) in [5, 5.41) is 4.72. The van der Waals surface area contributed by atoms with Crippen LogP contribution in [0.25, 0.3) is 0 Å². The monoisotopic (exact) mass is 582 g/mol. The number of hydrazone groups is 1. The van der Waals surface area contributed by atoms with Gasteiger partial charge >= 0.3 is 11.9 Å². The molecule has 11 heteroatoms. The number of esters is 2. The van der Waals surface area contributed by atoms with Crippen molar-refractivity contribution in [2.45, 2.75) is 11.8 Å². The molecule has 8 nitrogen and oxygen atoms in total. The second kappa shape index (κ2) is 12.1. The van der Waals surface area contributed by atoms with Crippen molar-refractivity contribution in [3.05, 3.63) is 123 Å². The molecule has 0 aliphatic rings. The summed E-state index contributed by atoms with van der Waals surface area (Å²) in [7, 11) is -3.93. The van der Waals surface area contributed by atoms with E-state index in [2.05, 4.69) is 9.93 Å². The van der Waals surface area contributed by atoms with Crippen molar-refractivity contribution < 1.29 is 27.5 Å². The first-order chi connectivity index (χ1) is 18.6. The van der Waals surface area contributed by atoms with Crippen LogP contribution >= 0.6 is 23.2 Å². The Morgan fingerprint density at radius 1 is 0.769 bits per heavy atom. The minimum absolute atomic E-state index is 0.0316. The van der Waals surface area contributed by atoms with Crippen molar-refractivity contribution in [3.63, 3.8) is 0 Å². The van der Waals surface area contributed by atoms with Gasteiger partial charge in [0.2, 0.25) is 0 Å². The van der Waals surface area contributed by atoms with Gasteiger partial charge in [-0.25, -0.2) is 14.4 Å². The fraction of sp³-hybridized carbons (Fsp3) is 0.0357. The molecule has 39 heavy (non-hydrogen) atoms. The van der Waals surface area contributed by atoms with E-state index < -0.39 is 22.0 Å². The number of nitrogens with zero attached hydrogens (tertiary/aromatic N) is 1. The van der Waals surface area contributed by atoms with Crippen LogP contribution in [0.3, 0.4) is 0 Å². The molecule has 4 rings (SSSR count). The van der Waals surface area contributed by atoms with Crippen LogP contribution in [-0.2, 0) is 10.0 Å². The molecule has 0 amide bonds. The highest BCUT2D eigenvalue weighted by Crippen LogP contribution is 2.26. The molecule has 4 aromatic carbocycles. The maximum Gasteiger partial charge on any atom is 0.343 e. The van der Waals surface area contributed by atoms with Crippen LogP contribution in [-0.4, -0.2) is 26.6 Å². The van der Waals surface area contributed by atoms with Gasteiger partial charge in [-0.3, -0.25) is 0 Å². The van der Waals surface area contributed by atoms with E-state index in [-0.39, 0.29) is 33.1 Å². The lowest BCUT2D eigenvalue weighted by atomic mass is 10.2. The molecule has 0 saturated heterocycles. The average Bonchev–Trinajstić information content (AvgIpc) is 2.91. The smallest absolute Gasteiger partial charge is 0.343 e. The molecule has 0 atom stereocenters. The summed E-state index contributed by atoms with van der Waals surface area (Å²) in [6.45, 7) is 1.84. The first kappa shape index (κ1) is 27.8. The quantitative estimate of drug-likeness (QED) is 0.117. The number of benzene rings is 4. The van der Waals surface area contributed by atoms with Crippen LogP contribution in [0.1, 0.15) is 31.8 Å². The predicted octanol–water partition coefficient (Wildman–Crippen LogP) is 6.05. The van der Waals surface area contributed by atoms with E-state index in [1.165, 1.54) is 72.9 Å². The second-order valence-corrected chi connectivity index (χ2v) is 10.7. The third-order valence-electron chi connectivity index (χ3n) is 5.27. The third kappa shape index (κ3) is 7.44. The maximum atomic E-state index is 12.8. The van der Waals surface area contributed by atoms with Gasteiger partial charge in [0.05, 0.1) is 22.2 Å². The molecule has 1 N–H and O–H groups in total. The predicted molar refractivity (Wildman–Crippen MR) is 148 cm³/mol. The molecule has 0 fully saturated rings. The molecule has 0 unspecified atom stereocenters. The molecule has 0 heterocycles. The van der Waals surface area contributed by atoms with Crippen LogP contribution in [0.5, 0.6) is 11.5 Å². The van der Waals surface area contributed by atoms with Crippen LogP contribution < -0.4 is 14.3 Å². The summed E-state index contributed by atoms with van der Waals surface area (Å²) in [6, 6.07) is 22.6. The molecule has 0 aliphatic heterocycles. The van der Waals surface area contributed by atoms with E-state index in [1.807, 2.05) is 6.92 Å². The van der Waals surface area contributed by atoms with Crippen LogP contribution in [0, 0.1) is 6.92 Å². The van der Waals surface area contributed by atoms with Gasteiger partial charge in [-0.15, -0.1) is 0 Å². The summed E-state index contributed by atoms with van der Waals surface area (Å²) in [4.78, 5) is 27.5. The Labute approximate surface area is 234 Å². The lowest BCUT2D eigenvalue weighted by Gasteiger charge is -2.11. The highest BCUT2D eigenvalue weighted by Gasteiger charge is 2.16. The SMILES string of the molecule is Cc1ccc(S(=O)(=O)N/N=C\c2ccc(OC(=O)c3ccc(Cl)cc3)cc2OC(=O)c2ccc(Cl)cc2)cc1. The Kier molecular flexibility index (Phi) is 8.65.